The maximum absolute atomic E-state index is 13.1. The van der Waals surface area contributed by atoms with E-state index in [0.717, 1.165) is 46.5 Å². The number of morpholine rings is 1. The Morgan fingerprint density at radius 3 is 2.50 bits per heavy atom. The molecule has 1 fully saturated rings. The van der Waals surface area contributed by atoms with Crippen LogP contribution in [-0.4, -0.2) is 37.3 Å². The molecule has 1 saturated heterocycles. The number of hydrogen-bond acceptors (Lipinski definition) is 4. The van der Waals surface area contributed by atoms with Gasteiger partial charge in [-0.15, -0.1) is 0 Å². The number of pyridine rings is 1. The SMILES string of the molecule is O=C(NCc1ccc(F)cc1)Nc1ccc2nc(-c3ccccc3)cc(N3CCOCC3)c2c1. The second-order valence-electron chi connectivity index (χ2n) is 8.16. The van der Waals surface area contributed by atoms with Crippen LogP contribution in [0.15, 0.2) is 78.9 Å². The first-order chi connectivity index (χ1) is 16.7. The molecule has 1 aliphatic heterocycles. The van der Waals surface area contributed by atoms with Gasteiger partial charge in [0.25, 0.3) is 0 Å². The molecule has 0 radical (unpaired) electrons. The van der Waals surface area contributed by atoms with Crippen molar-refractivity contribution < 1.29 is 13.9 Å². The first kappa shape index (κ1) is 21.9. The molecule has 7 heteroatoms. The fourth-order valence-corrected chi connectivity index (χ4v) is 4.07. The van der Waals surface area contributed by atoms with Crippen molar-refractivity contribution in [2.45, 2.75) is 6.54 Å². The number of fused-ring (bicyclic) bond motifs is 1. The summed E-state index contributed by atoms with van der Waals surface area (Å²) < 4.78 is 18.6. The lowest BCUT2D eigenvalue weighted by Crippen LogP contribution is -2.36. The minimum absolute atomic E-state index is 0.301. The molecule has 6 nitrogen and oxygen atoms in total. The van der Waals surface area contributed by atoms with E-state index < -0.39 is 0 Å². The lowest BCUT2D eigenvalue weighted by atomic mass is 10.1. The molecule has 2 heterocycles. The second-order valence-corrected chi connectivity index (χ2v) is 8.16. The number of urea groups is 1. The number of anilines is 2. The van der Waals surface area contributed by atoms with E-state index in [2.05, 4.69) is 33.7 Å². The van der Waals surface area contributed by atoms with E-state index in [1.807, 2.05) is 36.4 Å². The summed E-state index contributed by atoms with van der Waals surface area (Å²) in [6, 6.07) is 23.7. The van der Waals surface area contributed by atoms with Gasteiger partial charge in [0.2, 0.25) is 0 Å². The summed E-state index contributed by atoms with van der Waals surface area (Å²) >= 11 is 0. The predicted molar refractivity (Wildman–Crippen MR) is 132 cm³/mol. The topological polar surface area (TPSA) is 66.5 Å². The van der Waals surface area contributed by atoms with Crippen molar-refractivity contribution in [1.29, 1.82) is 0 Å². The van der Waals surface area contributed by atoms with E-state index in [0.29, 0.717) is 25.4 Å². The van der Waals surface area contributed by atoms with Crippen LogP contribution in [0.2, 0.25) is 0 Å². The lowest BCUT2D eigenvalue weighted by Gasteiger charge is -2.30. The highest BCUT2D eigenvalue weighted by molar-refractivity contribution is 5.99. The molecule has 1 aromatic heterocycles. The molecule has 0 saturated carbocycles. The Morgan fingerprint density at radius 2 is 1.74 bits per heavy atom. The number of halogens is 1. The van der Waals surface area contributed by atoms with Gasteiger partial charge in [0, 0.05) is 42.0 Å². The van der Waals surface area contributed by atoms with Crippen LogP contribution in [0, 0.1) is 5.82 Å². The zero-order valence-electron chi connectivity index (χ0n) is 18.6. The summed E-state index contributed by atoms with van der Waals surface area (Å²) in [5.74, 6) is -0.301. The summed E-state index contributed by atoms with van der Waals surface area (Å²) in [7, 11) is 0. The van der Waals surface area contributed by atoms with E-state index in [9.17, 15) is 9.18 Å². The van der Waals surface area contributed by atoms with Crippen molar-refractivity contribution in [3.63, 3.8) is 0 Å². The summed E-state index contributed by atoms with van der Waals surface area (Å²) in [5.41, 5.74) is 5.39. The molecule has 5 rings (SSSR count). The van der Waals surface area contributed by atoms with Crippen LogP contribution in [0.1, 0.15) is 5.56 Å². The third-order valence-corrected chi connectivity index (χ3v) is 5.83. The van der Waals surface area contributed by atoms with E-state index in [-0.39, 0.29) is 11.8 Å². The summed E-state index contributed by atoms with van der Waals surface area (Å²) in [6.07, 6.45) is 0. The number of benzene rings is 3. The molecule has 34 heavy (non-hydrogen) atoms. The van der Waals surface area contributed by atoms with Crippen LogP contribution >= 0.6 is 0 Å². The Hall–Kier alpha value is -3.97. The first-order valence-electron chi connectivity index (χ1n) is 11.3. The Balaban J connectivity index is 1.41. The lowest BCUT2D eigenvalue weighted by molar-refractivity contribution is 0.123. The van der Waals surface area contributed by atoms with Crippen LogP contribution in [0.3, 0.4) is 0 Å². The molecule has 0 unspecified atom stereocenters. The van der Waals surface area contributed by atoms with Crippen LogP contribution in [0.4, 0.5) is 20.6 Å². The monoisotopic (exact) mass is 456 g/mol. The van der Waals surface area contributed by atoms with Gasteiger partial charge in [-0.3, -0.25) is 0 Å². The predicted octanol–water partition coefficient (Wildman–Crippen LogP) is 5.20. The molecule has 1 aliphatic rings. The molecule has 0 atom stereocenters. The van der Waals surface area contributed by atoms with E-state index >= 15 is 0 Å². The summed E-state index contributed by atoms with van der Waals surface area (Å²) in [6.45, 7) is 3.25. The Morgan fingerprint density at radius 1 is 0.971 bits per heavy atom. The van der Waals surface area contributed by atoms with Crippen LogP contribution in [-0.2, 0) is 11.3 Å². The highest BCUT2D eigenvalue weighted by atomic mass is 19.1. The smallest absolute Gasteiger partial charge is 0.319 e. The van der Waals surface area contributed by atoms with Crippen LogP contribution < -0.4 is 15.5 Å². The van der Waals surface area contributed by atoms with Crippen molar-refractivity contribution in [3.8, 4) is 11.3 Å². The number of amides is 2. The molecule has 172 valence electrons. The van der Waals surface area contributed by atoms with Crippen molar-refractivity contribution in [2.75, 3.05) is 36.5 Å². The first-order valence-corrected chi connectivity index (χ1v) is 11.3. The zero-order chi connectivity index (χ0) is 23.3. The van der Waals surface area contributed by atoms with Gasteiger partial charge in [0.05, 0.1) is 24.4 Å². The number of hydrogen-bond donors (Lipinski definition) is 2. The maximum atomic E-state index is 13.1. The van der Waals surface area contributed by atoms with E-state index in [1.165, 1.54) is 12.1 Å². The van der Waals surface area contributed by atoms with Gasteiger partial charge in [-0.1, -0.05) is 42.5 Å². The van der Waals surface area contributed by atoms with Crippen LogP contribution in [0.25, 0.3) is 22.2 Å². The molecule has 2 N–H and O–H groups in total. The molecule has 0 spiro atoms. The molecule has 4 aromatic rings. The van der Waals surface area contributed by atoms with Gasteiger partial charge >= 0.3 is 6.03 Å². The average molecular weight is 457 g/mol. The van der Waals surface area contributed by atoms with E-state index in [4.69, 9.17) is 9.72 Å². The van der Waals surface area contributed by atoms with Crippen molar-refractivity contribution in [3.05, 3.63) is 90.2 Å². The van der Waals surface area contributed by atoms with Gasteiger partial charge in [-0.05, 0) is 42.0 Å². The minimum atomic E-state index is -0.328. The molecular formula is C27H25FN4O2. The Bertz CT molecular complexity index is 1290. The minimum Gasteiger partial charge on any atom is -0.378 e. The number of carbonyl (C=O) groups excluding carboxylic acids is 1. The number of carbonyl (C=O) groups is 1. The molecular weight excluding hydrogens is 431 g/mol. The number of ether oxygens (including phenoxy) is 1. The van der Waals surface area contributed by atoms with Gasteiger partial charge in [0.1, 0.15) is 5.82 Å². The van der Waals surface area contributed by atoms with Crippen molar-refractivity contribution >= 4 is 28.3 Å². The number of nitrogens with zero attached hydrogens (tertiary/aromatic N) is 2. The molecule has 0 aliphatic carbocycles. The summed E-state index contributed by atoms with van der Waals surface area (Å²) in [5, 5.41) is 6.68. The van der Waals surface area contributed by atoms with Crippen molar-refractivity contribution in [1.82, 2.24) is 10.3 Å². The third-order valence-electron chi connectivity index (χ3n) is 5.83. The quantitative estimate of drug-likeness (QED) is 0.433. The molecule has 3 aromatic carbocycles. The zero-order valence-corrected chi connectivity index (χ0v) is 18.6. The fourth-order valence-electron chi connectivity index (χ4n) is 4.07. The normalized spacial score (nSPS) is 13.6. The van der Waals surface area contributed by atoms with Gasteiger partial charge < -0.3 is 20.3 Å². The van der Waals surface area contributed by atoms with Crippen molar-refractivity contribution in [2.24, 2.45) is 0 Å². The van der Waals surface area contributed by atoms with E-state index in [1.54, 1.807) is 12.1 Å². The van der Waals surface area contributed by atoms with Gasteiger partial charge in [-0.2, -0.15) is 0 Å². The Labute approximate surface area is 197 Å². The molecule has 0 bridgehead atoms. The standard InChI is InChI=1S/C27H25FN4O2/c28-21-8-6-19(7-9-21)18-29-27(33)30-22-10-11-24-23(16-22)26(32-12-14-34-15-13-32)17-25(31-24)20-4-2-1-3-5-20/h1-11,16-17H,12-15,18H2,(H2,29,30,33). The number of aromatic nitrogens is 1. The van der Waals surface area contributed by atoms with Crippen LogP contribution in [0.5, 0.6) is 0 Å². The highest BCUT2D eigenvalue weighted by Crippen LogP contribution is 2.33. The molecule has 2 amide bonds. The fraction of sp³-hybridized carbons (Fsp3) is 0.185. The summed E-state index contributed by atoms with van der Waals surface area (Å²) in [4.78, 5) is 19.7. The highest BCUT2D eigenvalue weighted by Gasteiger charge is 2.17. The number of rotatable bonds is 5. The van der Waals surface area contributed by atoms with Gasteiger partial charge in [-0.25, -0.2) is 14.2 Å². The van der Waals surface area contributed by atoms with Gasteiger partial charge in [0.15, 0.2) is 0 Å². The number of nitrogens with one attached hydrogen (secondary N) is 2. The average Bonchev–Trinajstić information content (AvgIpc) is 2.89. The Kier molecular flexibility index (Phi) is 6.35. The third kappa shape index (κ3) is 5.00. The maximum Gasteiger partial charge on any atom is 0.319 e. The largest absolute Gasteiger partial charge is 0.378 e. The second kappa shape index (κ2) is 9.89.